The van der Waals surface area contributed by atoms with Gasteiger partial charge in [0.2, 0.25) is 11.8 Å². The third-order valence-corrected chi connectivity index (χ3v) is 5.00. The number of fused-ring (bicyclic) bond motifs is 1. The molecule has 122 valence electrons. The first-order valence-electron chi connectivity index (χ1n) is 7.74. The Labute approximate surface area is 139 Å². The van der Waals surface area contributed by atoms with E-state index in [1.165, 1.54) is 11.8 Å². The molecule has 23 heavy (non-hydrogen) atoms. The molecular weight excluding hydrogens is 312 g/mol. The lowest BCUT2D eigenvalue weighted by Crippen LogP contribution is -2.39. The maximum atomic E-state index is 11.9. The number of likely N-dealkylation sites (tertiary alicyclic amines) is 1. The second kappa shape index (κ2) is 7.04. The van der Waals surface area contributed by atoms with Crippen LogP contribution in [-0.2, 0) is 16.6 Å². The number of para-hydroxylation sites is 2. The number of nitrogens with one attached hydrogen (secondary N) is 1. The van der Waals surface area contributed by atoms with Crippen LogP contribution in [0.2, 0.25) is 0 Å². The van der Waals surface area contributed by atoms with Crippen molar-refractivity contribution in [3.63, 3.8) is 0 Å². The molecule has 1 aromatic carbocycles. The standard InChI is InChI=1S/C16H20N4O2S/c1-19-13-7-3-2-6-12(13)18-16(19)23-11-14(21)17-10-15(22)20-8-4-5-9-20/h2-3,6-7H,4-5,8-11H2,1H3,(H,17,21). The number of aryl methyl sites for hydroxylation is 1. The van der Waals surface area contributed by atoms with Gasteiger partial charge in [-0.15, -0.1) is 0 Å². The van der Waals surface area contributed by atoms with Gasteiger partial charge >= 0.3 is 0 Å². The minimum absolute atomic E-state index is 0.00331. The monoisotopic (exact) mass is 332 g/mol. The average Bonchev–Trinajstić information content (AvgIpc) is 3.20. The Balaban J connectivity index is 1.50. The number of benzene rings is 1. The van der Waals surface area contributed by atoms with Gasteiger partial charge in [-0.1, -0.05) is 23.9 Å². The molecule has 1 N–H and O–H groups in total. The van der Waals surface area contributed by atoms with Crippen LogP contribution < -0.4 is 5.32 Å². The highest BCUT2D eigenvalue weighted by atomic mass is 32.2. The highest BCUT2D eigenvalue weighted by molar-refractivity contribution is 7.99. The number of carbonyl (C=O) groups excluding carboxylic acids is 2. The van der Waals surface area contributed by atoms with Crippen LogP contribution in [0.5, 0.6) is 0 Å². The molecule has 2 aromatic rings. The predicted molar refractivity (Wildman–Crippen MR) is 90.3 cm³/mol. The number of hydrogen-bond acceptors (Lipinski definition) is 4. The van der Waals surface area contributed by atoms with E-state index in [4.69, 9.17) is 0 Å². The Morgan fingerprint density at radius 1 is 1.26 bits per heavy atom. The molecule has 0 aliphatic carbocycles. The van der Waals surface area contributed by atoms with Crippen molar-refractivity contribution in [3.05, 3.63) is 24.3 Å². The van der Waals surface area contributed by atoms with Gasteiger partial charge in [0.25, 0.3) is 0 Å². The van der Waals surface area contributed by atoms with E-state index in [0.29, 0.717) is 0 Å². The smallest absolute Gasteiger partial charge is 0.241 e. The first-order chi connectivity index (χ1) is 11.1. The number of imidazole rings is 1. The van der Waals surface area contributed by atoms with Gasteiger partial charge in [-0.05, 0) is 25.0 Å². The van der Waals surface area contributed by atoms with Crippen LogP contribution in [-0.4, -0.2) is 51.7 Å². The molecule has 1 aliphatic rings. The SMILES string of the molecule is Cn1c(SCC(=O)NCC(=O)N2CCCC2)nc2ccccc21. The van der Waals surface area contributed by atoms with E-state index in [1.54, 1.807) is 4.90 Å². The second-order valence-electron chi connectivity index (χ2n) is 5.60. The van der Waals surface area contributed by atoms with E-state index >= 15 is 0 Å². The van der Waals surface area contributed by atoms with Crippen LogP contribution in [0.25, 0.3) is 11.0 Å². The van der Waals surface area contributed by atoms with Crippen LogP contribution in [0.15, 0.2) is 29.4 Å². The summed E-state index contributed by atoms with van der Waals surface area (Å²) in [5.41, 5.74) is 1.96. The summed E-state index contributed by atoms with van der Waals surface area (Å²) in [6, 6.07) is 7.87. The summed E-state index contributed by atoms with van der Waals surface area (Å²) >= 11 is 1.38. The minimum Gasteiger partial charge on any atom is -0.346 e. The maximum absolute atomic E-state index is 11.9. The summed E-state index contributed by atoms with van der Waals surface area (Å²) in [6.07, 6.45) is 2.12. The summed E-state index contributed by atoms with van der Waals surface area (Å²) in [5.74, 6) is 0.114. The fourth-order valence-electron chi connectivity index (χ4n) is 2.69. The maximum Gasteiger partial charge on any atom is 0.241 e. The Bertz CT molecular complexity index is 722. The van der Waals surface area contributed by atoms with E-state index in [0.717, 1.165) is 42.1 Å². The Morgan fingerprint density at radius 2 is 2.00 bits per heavy atom. The number of nitrogens with zero attached hydrogens (tertiary/aromatic N) is 3. The molecule has 6 nitrogen and oxygen atoms in total. The normalized spacial score (nSPS) is 14.4. The average molecular weight is 332 g/mol. The van der Waals surface area contributed by atoms with Crippen molar-refractivity contribution in [2.24, 2.45) is 7.05 Å². The lowest BCUT2D eigenvalue weighted by Gasteiger charge is -2.15. The number of rotatable bonds is 5. The van der Waals surface area contributed by atoms with Gasteiger partial charge in [0, 0.05) is 20.1 Å². The van der Waals surface area contributed by atoms with E-state index in [-0.39, 0.29) is 24.1 Å². The van der Waals surface area contributed by atoms with Gasteiger partial charge in [0.15, 0.2) is 5.16 Å². The zero-order chi connectivity index (χ0) is 16.2. The fourth-order valence-corrected chi connectivity index (χ4v) is 3.50. The molecule has 0 spiro atoms. The van der Waals surface area contributed by atoms with E-state index in [1.807, 2.05) is 35.9 Å². The first kappa shape index (κ1) is 15.9. The molecule has 1 aromatic heterocycles. The van der Waals surface area contributed by atoms with Gasteiger partial charge in [-0.25, -0.2) is 4.98 Å². The minimum atomic E-state index is -0.144. The number of aromatic nitrogens is 2. The van der Waals surface area contributed by atoms with Crippen LogP contribution >= 0.6 is 11.8 Å². The lowest BCUT2D eigenvalue weighted by molar-refractivity contribution is -0.131. The van der Waals surface area contributed by atoms with Crippen molar-refractivity contribution in [1.29, 1.82) is 0 Å². The van der Waals surface area contributed by atoms with Crippen LogP contribution in [0, 0.1) is 0 Å². The van der Waals surface area contributed by atoms with Gasteiger partial charge < -0.3 is 14.8 Å². The fraction of sp³-hybridized carbons (Fsp3) is 0.438. The van der Waals surface area contributed by atoms with Crippen molar-refractivity contribution in [3.8, 4) is 0 Å². The third-order valence-electron chi connectivity index (χ3n) is 3.97. The van der Waals surface area contributed by atoms with Crippen LogP contribution in [0.3, 0.4) is 0 Å². The summed E-state index contributed by atoms with van der Waals surface area (Å²) < 4.78 is 1.97. The van der Waals surface area contributed by atoms with Crippen molar-refractivity contribution in [2.45, 2.75) is 18.0 Å². The molecule has 2 amide bonds. The zero-order valence-corrected chi connectivity index (χ0v) is 13.9. The Kier molecular flexibility index (Phi) is 4.85. The first-order valence-corrected chi connectivity index (χ1v) is 8.72. The van der Waals surface area contributed by atoms with Crippen LogP contribution in [0.1, 0.15) is 12.8 Å². The topological polar surface area (TPSA) is 67.2 Å². The third kappa shape index (κ3) is 3.67. The second-order valence-corrected chi connectivity index (χ2v) is 6.54. The summed E-state index contributed by atoms with van der Waals surface area (Å²) in [5, 5.41) is 3.49. The van der Waals surface area contributed by atoms with Crippen molar-refractivity contribution in [2.75, 3.05) is 25.4 Å². The van der Waals surface area contributed by atoms with Gasteiger partial charge in [-0.3, -0.25) is 9.59 Å². The van der Waals surface area contributed by atoms with Gasteiger partial charge in [0.05, 0.1) is 23.3 Å². The highest BCUT2D eigenvalue weighted by Gasteiger charge is 2.18. The van der Waals surface area contributed by atoms with Crippen molar-refractivity contribution >= 4 is 34.6 Å². The summed E-state index contributed by atoms with van der Waals surface area (Å²) in [4.78, 5) is 30.1. The number of carbonyl (C=O) groups is 2. The largest absolute Gasteiger partial charge is 0.346 e. The molecule has 3 rings (SSSR count). The molecule has 0 saturated carbocycles. The number of hydrogen-bond donors (Lipinski definition) is 1. The van der Waals surface area contributed by atoms with E-state index in [9.17, 15) is 9.59 Å². The van der Waals surface area contributed by atoms with E-state index in [2.05, 4.69) is 10.3 Å². The Morgan fingerprint density at radius 3 is 2.74 bits per heavy atom. The lowest BCUT2D eigenvalue weighted by atomic mass is 10.3. The molecule has 0 unspecified atom stereocenters. The molecule has 0 radical (unpaired) electrons. The summed E-state index contributed by atoms with van der Waals surface area (Å²) in [7, 11) is 1.94. The van der Waals surface area contributed by atoms with Crippen molar-refractivity contribution in [1.82, 2.24) is 19.8 Å². The number of amides is 2. The van der Waals surface area contributed by atoms with Gasteiger partial charge in [0.1, 0.15) is 0 Å². The molecule has 0 bridgehead atoms. The Hall–Kier alpha value is -2.02. The molecule has 1 fully saturated rings. The predicted octanol–water partition coefficient (Wildman–Crippen LogP) is 1.40. The number of thioether (sulfide) groups is 1. The van der Waals surface area contributed by atoms with Gasteiger partial charge in [-0.2, -0.15) is 0 Å². The van der Waals surface area contributed by atoms with Crippen LogP contribution in [0.4, 0.5) is 0 Å². The van der Waals surface area contributed by atoms with Crippen molar-refractivity contribution < 1.29 is 9.59 Å². The molecule has 1 aliphatic heterocycles. The summed E-state index contributed by atoms with van der Waals surface area (Å²) in [6.45, 7) is 1.70. The zero-order valence-electron chi connectivity index (χ0n) is 13.1. The highest BCUT2D eigenvalue weighted by Crippen LogP contribution is 2.22. The molecule has 7 heteroatoms. The molecule has 0 atom stereocenters. The molecule has 2 heterocycles. The molecular formula is C16H20N4O2S. The quantitative estimate of drug-likeness (QED) is 0.841. The molecule has 1 saturated heterocycles. The van der Waals surface area contributed by atoms with E-state index < -0.39 is 0 Å².